The molecule has 3 rings (SSSR count). The van der Waals surface area contributed by atoms with Gasteiger partial charge in [-0.05, 0) is 38.3 Å². The van der Waals surface area contributed by atoms with Crippen LogP contribution in [-0.2, 0) is 11.3 Å². The van der Waals surface area contributed by atoms with Crippen molar-refractivity contribution in [1.29, 1.82) is 0 Å². The maximum atomic E-state index is 11.7. The number of amides is 1. The van der Waals surface area contributed by atoms with E-state index in [0.29, 0.717) is 44.1 Å². The fourth-order valence-corrected chi connectivity index (χ4v) is 2.96. The van der Waals surface area contributed by atoms with Gasteiger partial charge in [-0.1, -0.05) is 18.2 Å². The van der Waals surface area contributed by atoms with Gasteiger partial charge in [0.25, 0.3) is 0 Å². The zero-order chi connectivity index (χ0) is 17.6. The molecule has 1 saturated heterocycles. The van der Waals surface area contributed by atoms with E-state index in [4.69, 9.17) is 9.15 Å². The van der Waals surface area contributed by atoms with Gasteiger partial charge in [0.2, 0.25) is 11.8 Å². The first kappa shape index (κ1) is 17.4. The molecule has 7 nitrogen and oxygen atoms in total. The topological polar surface area (TPSA) is 80.5 Å². The van der Waals surface area contributed by atoms with Crippen molar-refractivity contribution in [1.82, 2.24) is 20.4 Å². The lowest BCUT2D eigenvalue weighted by Gasteiger charge is -2.31. The van der Waals surface area contributed by atoms with Gasteiger partial charge in [-0.3, -0.25) is 0 Å². The molecule has 0 unspecified atom stereocenters. The van der Waals surface area contributed by atoms with Crippen molar-refractivity contribution in [3.8, 4) is 11.5 Å². The minimum atomic E-state index is -0.222. The Morgan fingerprint density at radius 1 is 1.32 bits per heavy atom. The Labute approximate surface area is 147 Å². The highest BCUT2D eigenvalue weighted by atomic mass is 16.6. The number of ether oxygens (including phenoxy) is 1. The molecule has 1 aliphatic rings. The summed E-state index contributed by atoms with van der Waals surface area (Å²) in [4.78, 5) is 13.5. The fourth-order valence-electron chi connectivity index (χ4n) is 2.96. The van der Waals surface area contributed by atoms with Gasteiger partial charge in [0.15, 0.2) is 0 Å². The molecule has 134 valence electrons. The molecule has 1 fully saturated rings. The van der Waals surface area contributed by atoms with Crippen molar-refractivity contribution in [2.75, 3.05) is 19.7 Å². The van der Waals surface area contributed by atoms with E-state index >= 15 is 0 Å². The maximum absolute atomic E-state index is 11.7. The van der Waals surface area contributed by atoms with Crippen molar-refractivity contribution >= 4 is 6.09 Å². The van der Waals surface area contributed by atoms with Crippen molar-refractivity contribution in [3.05, 3.63) is 35.7 Å². The summed E-state index contributed by atoms with van der Waals surface area (Å²) >= 11 is 0. The largest absolute Gasteiger partial charge is 0.450 e. The monoisotopic (exact) mass is 344 g/mol. The highest BCUT2D eigenvalue weighted by Crippen LogP contribution is 2.21. The molecule has 0 radical (unpaired) electrons. The van der Waals surface area contributed by atoms with E-state index in [1.54, 1.807) is 4.90 Å². The molecule has 0 spiro atoms. The average Bonchev–Trinajstić information content (AvgIpc) is 3.10. The first-order valence-electron chi connectivity index (χ1n) is 8.71. The molecule has 1 amide bonds. The van der Waals surface area contributed by atoms with Crippen LogP contribution >= 0.6 is 0 Å². The Bertz CT molecular complexity index is 708. The van der Waals surface area contributed by atoms with Gasteiger partial charge in [0, 0.05) is 24.7 Å². The van der Waals surface area contributed by atoms with Crippen molar-refractivity contribution in [2.24, 2.45) is 0 Å². The normalized spacial score (nSPS) is 15.4. The predicted molar refractivity (Wildman–Crippen MR) is 92.9 cm³/mol. The zero-order valence-corrected chi connectivity index (χ0v) is 14.7. The molecular formula is C18H24N4O3. The van der Waals surface area contributed by atoms with Crippen molar-refractivity contribution in [2.45, 2.75) is 39.3 Å². The molecule has 1 aromatic carbocycles. The molecule has 1 aromatic heterocycles. The number of aryl methyl sites for hydroxylation is 1. The molecule has 0 saturated carbocycles. The third-order valence-corrected chi connectivity index (χ3v) is 4.41. The number of nitrogens with one attached hydrogen (secondary N) is 1. The SMILES string of the molecule is CCOC(=O)N1CCC(NCc2nnc(-c3ccccc3C)o2)CC1. The lowest BCUT2D eigenvalue weighted by molar-refractivity contribution is 0.0948. The molecule has 1 N–H and O–H groups in total. The van der Waals surface area contributed by atoms with E-state index < -0.39 is 0 Å². The molecule has 0 bridgehead atoms. The van der Waals surface area contributed by atoms with Crippen LogP contribution in [0.1, 0.15) is 31.2 Å². The van der Waals surface area contributed by atoms with Gasteiger partial charge >= 0.3 is 6.09 Å². The van der Waals surface area contributed by atoms with E-state index in [1.165, 1.54) is 0 Å². The van der Waals surface area contributed by atoms with Crippen molar-refractivity contribution in [3.63, 3.8) is 0 Å². The van der Waals surface area contributed by atoms with E-state index in [1.807, 2.05) is 38.1 Å². The number of benzene rings is 1. The number of aromatic nitrogens is 2. The van der Waals surface area contributed by atoms with Crippen LogP contribution in [0.5, 0.6) is 0 Å². The zero-order valence-electron chi connectivity index (χ0n) is 14.7. The van der Waals surface area contributed by atoms with E-state index in [-0.39, 0.29) is 6.09 Å². The molecule has 2 aromatic rings. The van der Waals surface area contributed by atoms with Gasteiger partial charge in [-0.15, -0.1) is 10.2 Å². The molecule has 0 atom stereocenters. The number of piperidine rings is 1. The molecule has 2 heterocycles. The Balaban J connectivity index is 1.49. The number of hydrogen-bond donors (Lipinski definition) is 1. The number of carbonyl (C=O) groups is 1. The third kappa shape index (κ3) is 4.36. The average molecular weight is 344 g/mol. The number of rotatable bonds is 5. The van der Waals surface area contributed by atoms with Gasteiger partial charge in [-0.2, -0.15) is 0 Å². The van der Waals surface area contributed by atoms with E-state index in [2.05, 4.69) is 15.5 Å². The van der Waals surface area contributed by atoms with Crippen LogP contribution in [0.3, 0.4) is 0 Å². The molecule has 0 aliphatic carbocycles. The van der Waals surface area contributed by atoms with Gasteiger partial charge < -0.3 is 19.4 Å². The Hall–Kier alpha value is -2.41. The number of carbonyl (C=O) groups excluding carboxylic acids is 1. The molecule has 7 heteroatoms. The summed E-state index contributed by atoms with van der Waals surface area (Å²) < 4.78 is 10.8. The molecule has 25 heavy (non-hydrogen) atoms. The predicted octanol–water partition coefficient (Wildman–Crippen LogP) is 2.76. The summed E-state index contributed by atoms with van der Waals surface area (Å²) in [6.07, 6.45) is 1.55. The summed E-state index contributed by atoms with van der Waals surface area (Å²) in [6, 6.07) is 8.28. The van der Waals surface area contributed by atoms with Crippen LogP contribution in [0, 0.1) is 6.92 Å². The standard InChI is InChI=1S/C18H24N4O3/c1-3-24-18(23)22-10-8-14(9-11-22)19-12-16-20-21-17(25-16)15-7-5-4-6-13(15)2/h4-7,14,19H,3,8-12H2,1-2H3. The third-order valence-electron chi connectivity index (χ3n) is 4.41. The minimum Gasteiger partial charge on any atom is -0.450 e. The van der Waals surface area contributed by atoms with E-state index in [0.717, 1.165) is 24.0 Å². The maximum Gasteiger partial charge on any atom is 0.409 e. The number of nitrogens with zero attached hydrogens (tertiary/aromatic N) is 3. The second-order valence-electron chi connectivity index (χ2n) is 6.16. The molecular weight excluding hydrogens is 320 g/mol. The first-order valence-corrected chi connectivity index (χ1v) is 8.71. The highest BCUT2D eigenvalue weighted by Gasteiger charge is 2.23. The van der Waals surface area contributed by atoms with Crippen LogP contribution < -0.4 is 5.32 Å². The summed E-state index contributed by atoms with van der Waals surface area (Å²) in [5.41, 5.74) is 2.07. The summed E-state index contributed by atoms with van der Waals surface area (Å²) in [5, 5.41) is 11.7. The van der Waals surface area contributed by atoms with Gasteiger partial charge in [0.05, 0.1) is 13.2 Å². The molecule has 1 aliphatic heterocycles. The Morgan fingerprint density at radius 2 is 2.08 bits per heavy atom. The lowest BCUT2D eigenvalue weighted by Crippen LogP contribution is -2.44. The lowest BCUT2D eigenvalue weighted by atomic mass is 10.1. The Morgan fingerprint density at radius 3 is 2.80 bits per heavy atom. The quantitative estimate of drug-likeness (QED) is 0.898. The van der Waals surface area contributed by atoms with Gasteiger partial charge in [-0.25, -0.2) is 4.79 Å². The first-order chi connectivity index (χ1) is 12.2. The van der Waals surface area contributed by atoms with Crippen LogP contribution in [0.2, 0.25) is 0 Å². The second kappa shape index (κ2) is 8.11. The second-order valence-corrected chi connectivity index (χ2v) is 6.16. The number of likely N-dealkylation sites (tertiary alicyclic amines) is 1. The van der Waals surface area contributed by atoms with Crippen LogP contribution in [-0.4, -0.2) is 46.9 Å². The summed E-state index contributed by atoms with van der Waals surface area (Å²) in [7, 11) is 0. The van der Waals surface area contributed by atoms with Crippen molar-refractivity contribution < 1.29 is 13.9 Å². The van der Waals surface area contributed by atoms with Crippen LogP contribution in [0.15, 0.2) is 28.7 Å². The smallest absolute Gasteiger partial charge is 0.409 e. The van der Waals surface area contributed by atoms with E-state index in [9.17, 15) is 4.79 Å². The van der Waals surface area contributed by atoms with Crippen LogP contribution in [0.25, 0.3) is 11.5 Å². The fraction of sp³-hybridized carbons (Fsp3) is 0.500. The number of hydrogen-bond acceptors (Lipinski definition) is 6. The van der Waals surface area contributed by atoms with Crippen LogP contribution in [0.4, 0.5) is 4.79 Å². The summed E-state index contributed by atoms with van der Waals surface area (Å²) in [5.74, 6) is 1.12. The minimum absolute atomic E-state index is 0.222. The van der Waals surface area contributed by atoms with Gasteiger partial charge in [0.1, 0.15) is 0 Å². The summed E-state index contributed by atoms with van der Waals surface area (Å²) in [6.45, 7) is 6.19. The highest BCUT2D eigenvalue weighted by molar-refractivity contribution is 5.67. The Kier molecular flexibility index (Phi) is 5.65.